The standard InChI is InChI=1S/C14H14FN7S/c15-9-2-1-3-10-11(9)12(18-8-17-10)21-4-6-22(7-5-21)14-19-13(16)20-23-14/h1-3,8H,4-7H2,(H2,16,20). The van der Waals surface area contributed by atoms with Gasteiger partial charge in [-0.15, -0.1) is 0 Å². The molecule has 4 rings (SSSR count). The van der Waals surface area contributed by atoms with Crippen LogP contribution in [-0.2, 0) is 0 Å². The molecular formula is C14H14FN7S. The molecule has 3 aromatic rings. The Labute approximate surface area is 135 Å². The number of nitrogen functional groups attached to an aromatic ring is 1. The van der Waals surface area contributed by atoms with Crippen LogP contribution in [0.5, 0.6) is 0 Å². The molecule has 0 unspecified atom stereocenters. The largest absolute Gasteiger partial charge is 0.367 e. The second-order valence-corrected chi connectivity index (χ2v) is 5.97. The van der Waals surface area contributed by atoms with Gasteiger partial charge in [-0.2, -0.15) is 9.36 Å². The molecule has 0 spiro atoms. The molecule has 118 valence electrons. The van der Waals surface area contributed by atoms with Gasteiger partial charge in [-0.05, 0) is 12.1 Å². The van der Waals surface area contributed by atoms with Crippen LogP contribution < -0.4 is 15.5 Å². The number of hydrogen-bond donors (Lipinski definition) is 1. The van der Waals surface area contributed by atoms with Gasteiger partial charge in [0.15, 0.2) is 0 Å². The van der Waals surface area contributed by atoms with Gasteiger partial charge in [0, 0.05) is 37.7 Å². The summed E-state index contributed by atoms with van der Waals surface area (Å²) in [5, 5.41) is 1.30. The van der Waals surface area contributed by atoms with Gasteiger partial charge in [0.2, 0.25) is 11.1 Å². The Bertz CT molecular complexity index is 839. The zero-order valence-electron chi connectivity index (χ0n) is 12.2. The maximum atomic E-state index is 14.2. The van der Waals surface area contributed by atoms with Gasteiger partial charge >= 0.3 is 0 Å². The molecule has 0 saturated carbocycles. The molecule has 1 aromatic carbocycles. The molecule has 0 atom stereocenters. The monoisotopic (exact) mass is 331 g/mol. The van der Waals surface area contributed by atoms with Crippen LogP contribution in [-0.4, -0.2) is 45.5 Å². The third-order valence-electron chi connectivity index (χ3n) is 3.87. The number of hydrogen-bond acceptors (Lipinski definition) is 8. The van der Waals surface area contributed by atoms with E-state index in [0.29, 0.717) is 22.7 Å². The molecule has 23 heavy (non-hydrogen) atoms. The third kappa shape index (κ3) is 2.52. The Balaban J connectivity index is 1.59. The van der Waals surface area contributed by atoms with Crippen molar-refractivity contribution >= 4 is 39.3 Å². The number of aromatic nitrogens is 4. The maximum absolute atomic E-state index is 14.2. The van der Waals surface area contributed by atoms with Crippen molar-refractivity contribution in [3.63, 3.8) is 0 Å². The highest BCUT2D eigenvalue weighted by Gasteiger charge is 2.23. The van der Waals surface area contributed by atoms with Crippen molar-refractivity contribution in [2.75, 3.05) is 41.7 Å². The lowest BCUT2D eigenvalue weighted by molar-refractivity contribution is 0.630. The van der Waals surface area contributed by atoms with Crippen LogP contribution in [0, 0.1) is 5.82 Å². The fraction of sp³-hybridized carbons (Fsp3) is 0.286. The van der Waals surface area contributed by atoms with E-state index >= 15 is 0 Å². The summed E-state index contributed by atoms with van der Waals surface area (Å²) in [5.74, 6) is 0.651. The fourth-order valence-electron chi connectivity index (χ4n) is 2.76. The molecule has 3 heterocycles. The summed E-state index contributed by atoms with van der Waals surface area (Å²) in [6.45, 7) is 2.96. The fourth-order valence-corrected chi connectivity index (χ4v) is 3.40. The molecule has 2 N–H and O–H groups in total. The molecule has 1 fully saturated rings. The van der Waals surface area contributed by atoms with E-state index in [-0.39, 0.29) is 5.82 Å². The van der Waals surface area contributed by atoms with Gasteiger partial charge in [-0.25, -0.2) is 14.4 Å². The van der Waals surface area contributed by atoms with Gasteiger partial charge in [-0.3, -0.25) is 0 Å². The minimum atomic E-state index is -0.294. The molecule has 0 amide bonds. The molecule has 1 saturated heterocycles. The molecular weight excluding hydrogens is 317 g/mol. The second-order valence-electron chi connectivity index (χ2n) is 5.24. The average Bonchev–Trinajstić information content (AvgIpc) is 3.01. The van der Waals surface area contributed by atoms with E-state index < -0.39 is 0 Å². The van der Waals surface area contributed by atoms with E-state index in [1.807, 2.05) is 0 Å². The first-order chi connectivity index (χ1) is 11.2. The summed E-state index contributed by atoms with van der Waals surface area (Å²) in [4.78, 5) is 16.9. The van der Waals surface area contributed by atoms with E-state index in [2.05, 4.69) is 29.1 Å². The van der Waals surface area contributed by atoms with Gasteiger partial charge in [0.25, 0.3) is 0 Å². The minimum Gasteiger partial charge on any atom is -0.367 e. The van der Waals surface area contributed by atoms with E-state index in [1.165, 1.54) is 23.9 Å². The third-order valence-corrected chi connectivity index (χ3v) is 4.66. The molecule has 2 aromatic heterocycles. The van der Waals surface area contributed by atoms with Gasteiger partial charge < -0.3 is 15.5 Å². The predicted molar refractivity (Wildman–Crippen MR) is 88.2 cm³/mol. The van der Waals surface area contributed by atoms with Crippen LogP contribution in [0.2, 0.25) is 0 Å². The number of rotatable bonds is 2. The lowest BCUT2D eigenvalue weighted by atomic mass is 10.2. The Morgan fingerprint density at radius 2 is 1.87 bits per heavy atom. The van der Waals surface area contributed by atoms with Crippen molar-refractivity contribution in [1.29, 1.82) is 0 Å². The van der Waals surface area contributed by atoms with Crippen molar-refractivity contribution in [2.45, 2.75) is 0 Å². The lowest BCUT2D eigenvalue weighted by Crippen LogP contribution is -2.47. The van der Waals surface area contributed by atoms with Crippen LogP contribution >= 0.6 is 11.5 Å². The Morgan fingerprint density at radius 3 is 2.61 bits per heavy atom. The first kappa shape index (κ1) is 14.1. The van der Waals surface area contributed by atoms with Crippen molar-refractivity contribution in [2.24, 2.45) is 0 Å². The SMILES string of the molecule is Nc1nsc(N2CCN(c3ncnc4cccc(F)c34)CC2)n1. The van der Waals surface area contributed by atoms with Crippen LogP contribution in [0.1, 0.15) is 0 Å². The highest BCUT2D eigenvalue weighted by Crippen LogP contribution is 2.27. The second kappa shape index (κ2) is 5.58. The summed E-state index contributed by atoms with van der Waals surface area (Å²) < 4.78 is 18.2. The van der Waals surface area contributed by atoms with Crippen LogP contribution in [0.4, 0.5) is 21.3 Å². The van der Waals surface area contributed by atoms with E-state index in [9.17, 15) is 4.39 Å². The number of nitrogens with two attached hydrogens (primary N) is 1. The van der Waals surface area contributed by atoms with Crippen LogP contribution in [0.15, 0.2) is 24.5 Å². The summed E-state index contributed by atoms with van der Waals surface area (Å²) >= 11 is 1.29. The molecule has 0 bridgehead atoms. The van der Waals surface area contributed by atoms with E-state index in [0.717, 1.165) is 31.3 Å². The molecule has 9 heteroatoms. The zero-order valence-corrected chi connectivity index (χ0v) is 13.0. The number of piperazine rings is 1. The maximum Gasteiger partial charge on any atom is 0.233 e. The van der Waals surface area contributed by atoms with Crippen molar-refractivity contribution in [1.82, 2.24) is 19.3 Å². The highest BCUT2D eigenvalue weighted by molar-refractivity contribution is 7.09. The summed E-state index contributed by atoms with van der Waals surface area (Å²) in [5.41, 5.74) is 6.19. The summed E-state index contributed by atoms with van der Waals surface area (Å²) in [7, 11) is 0. The topological polar surface area (TPSA) is 84.1 Å². The Hall–Kier alpha value is -2.55. The number of fused-ring (bicyclic) bond motifs is 1. The van der Waals surface area contributed by atoms with Gasteiger partial charge in [0.1, 0.15) is 18.0 Å². The van der Waals surface area contributed by atoms with E-state index in [4.69, 9.17) is 5.73 Å². The van der Waals surface area contributed by atoms with Crippen LogP contribution in [0.25, 0.3) is 10.9 Å². The summed E-state index contributed by atoms with van der Waals surface area (Å²) in [6, 6.07) is 4.89. The highest BCUT2D eigenvalue weighted by atomic mass is 32.1. The van der Waals surface area contributed by atoms with Gasteiger partial charge in [0.05, 0.1) is 10.9 Å². The molecule has 0 aliphatic carbocycles. The number of nitrogens with zero attached hydrogens (tertiary/aromatic N) is 6. The van der Waals surface area contributed by atoms with Crippen molar-refractivity contribution in [3.05, 3.63) is 30.3 Å². The van der Waals surface area contributed by atoms with Crippen molar-refractivity contribution < 1.29 is 4.39 Å². The molecule has 0 radical (unpaired) electrons. The number of benzene rings is 1. The quantitative estimate of drug-likeness (QED) is 0.762. The predicted octanol–water partition coefficient (Wildman–Crippen LogP) is 1.53. The van der Waals surface area contributed by atoms with Crippen LogP contribution in [0.3, 0.4) is 0 Å². The minimum absolute atomic E-state index is 0.294. The van der Waals surface area contributed by atoms with Gasteiger partial charge in [-0.1, -0.05) is 6.07 Å². The lowest BCUT2D eigenvalue weighted by Gasteiger charge is -2.35. The number of halogens is 1. The normalized spacial score (nSPS) is 15.3. The molecule has 1 aliphatic rings. The first-order valence-corrected chi connectivity index (χ1v) is 7.98. The number of anilines is 3. The smallest absolute Gasteiger partial charge is 0.233 e. The Kier molecular flexibility index (Phi) is 3.41. The molecule has 7 nitrogen and oxygen atoms in total. The summed E-state index contributed by atoms with van der Waals surface area (Å²) in [6.07, 6.45) is 1.48. The van der Waals surface area contributed by atoms with E-state index in [1.54, 1.807) is 12.1 Å². The first-order valence-electron chi connectivity index (χ1n) is 7.20. The zero-order chi connectivity index (χ0) is 15.8. The average molecular weight is 331 g/mol. The van der Waals surface area contributed by atoms with Crippen molar-refractivity contribution in [3.8, 4) is 0 Å². The Morgan fingerprint density at radius 1 is 1.09 bits per heavy atom. The molecule has 1 aliphatic heterocycles.